The number of carbonyl (C=O) groups excluding carboxylic acids is 1. The maximum absolute atomic E-state index is 11.6. The minimum absolute atomic E-state index is 0.0401. The van der Waals surface area contributed by atoms with Gasteiger partial charge in [0.05, 0.1) is 19.5 Å². The Morgan fingerprint density at radius 1 is 1.17 bits per heavy atom. The molecule has 3 aromatic rings. The van der Waals surface area contributed by atoms with Gasteiger partial charge in [-0.2, -0.15) is 0 Å². The van der Waals surface area contributed by atoms with Crippen LogP contribution in [0.5, 0.6) is 5.75 Å². The van der Waals surface area contributed by atoms with Crippen molar-refractivity contribution < 1.29 is 18.7 Å². The number of unbranched alkanes of at least 4 members (excludes halogenated alkanes) is 1. The van der Waals surface area contributed by atoms with Crippen molar-refractivity contribution in [2.75, 3.05) is 14.2 Å². The number of rotatable bonds is 9. The van der Waals surface area contributed by atoms with Crippen LogP contribution in [-0.4, -0.2) is 35.0 Å². The van der Waals surface area contributed by atoms with E-state index in [0.29, 0.717) is 5.76 Å². The highest BCUT2D eigenvalue weighted by Gasteiger charge is 2.21. The van der Waals surface area contributed by atoms with Crippen molar-refractivity contribution >= 4 is 17.7 Å². The zero-order chi connectivity index (χ0) is 20.8. The molecule has 0 fully saturated rings. The minimum Gasteiger partial charge on any atom is -0.497 e. The van der Waals surface area contributed by atoms with Gasteiger partial charge in [0.2, 0.25) is 5.76 Å². The number of methoxy groups -OCH3 is 2. The highest BCUT2D eigenvalue weighted by Crippen LogP contribution is 2.36. The van der Waals surface area contributed by atoms with E-state index < -0.39 is 5.97 Å². The largest absolute Gasteiger partial charge is 0.497 e. The van der Waals surface area contributed by atoms with Crippen molar-refractivity contribution in [3.8, 4) is 17.1 Å². The second-order valence-electron chi connectivity index (χ2n) is 6.49. The second-order valence-corrected chi connectivity index (χ2v) is 7.80. The van der Waals surface area contributed by atoms with E-state index in [0.717, 1.165) is 41.7 Å². The molecule has 0 aliphatic rings. The van der Waals surface area contributed by atoms with Crippen LogP contribution in [0.2, 0.25) is 0 Å². The highest BCUT2D eigenvalue weighted by molar-refractivity contribution is 7.99. The monoisotopic (exact) mass is 415 g/mol. The number of aromatic nitrogens is 3. The van der Waals surface area contributed by atoms with Crippen LogP contribution in [0.1, 0.15) is 48.3 Å². The molecule has 29 heavy (non-hydrogen) atoms. The number of ether oxygens (including phenoxy) is 2. The molecule has 3 rings (SSSR count). The first-order valence-electron chi connectivity index (χ1n) is 9.49. The van der Waals surface area contributed by atoms with Gasteiger partial charge in [0.15, 0.2) is 11.0 Å². The number of furan rings is 1. The summed E-state index contributed by atoms with van der Waals surface area (Å²) in [5, 5.41) is 9.63. The van der Waals surface area contributed by atoms with Crippen molar-refractivity contribution in [2.24, 2.45) is 0 Å². The Morgan fingerprint density at radius 3 is 2.59 bits per heavy atom. The maximum atomic E-state index is 11.6. The molecule has 0 N–H and O–H groups in total. The number of hydrogen-bond donors (Lipinski definition) is 0. The number of benzene rings is 1. The van der Waals surface area contributed by atoms with Gasteiger partial charge in [-0.1, -0.05) is 25.1 Å². The van der Waals surface area contributed by atoms with Crippen LogP contribution in [0.3, 0.4) is 0 Å². The van der Waals surface area contributed by atoms with Crippen LogP contribution in [-0.2, 0) is 11.3 Å². The number of thioether (sulfide) groups is 1. The number of hydrogen-bond acceptors (Lipinski definition) is 7. The third-order valence-corrected chi connectivity index (χ3v) is 5.60. The molecule has 0 amide bonds. The fraction of sp³-hybridized carbons (Fsp3) is 0.381. The van der Waals surface area contributed by atoms with E-state index in [9.17, 15) is 4.79 Å². The van der Waals surface area contributed by atoms with E-state index in [1.54, 1.807) is 31.0 Å². The topological polar surface area (TPSA) is 79.4 Å². The van der Waals surface area contributed by atoms with Gasteiger partial charge in [0.25, 0.3) is 0 Å². The Hall–Kier alpha value is -2.74. The zero-order valence-corrected chi connectivity index (χ0v) is 17.9. The molecular weight excluding hydrogens is 390 g/mol. The van der Waals surface area contributed by atoms with E-state index in [2.05, 4.69) is 21.7 Å². The second kappa shape index (κ2) is 9.65. The van der Waals surface area contributed by atoms with Crippen LogP contribution in [0.4, 0.5) is 0 Å². The van der Waals surface area contributed by atoms with E-state index >= 15 is 0 Å². The Balaban J connectivity index is 1.85. The van der Waals surface area contributed by atoms with Crippen LogP contribution in [0.25, 0.3) is 11.4 Å². The summed E-state index contributed by atoms with van der Waals surface area (Å²) in [4.78, 5) is 11.6. The van der Waals surface area contributed by atoms with E-state index in [1.165, 1.54) is 7.11 Å². The SMILES string of the molecule is CCCCn1c(SC(C)c2ccc(C(=O)OC)o2)nnc1-c1ccc(OC)cc1. The van der Waals surface area contributed by atoms with Gasteiger partial charge in [-0.15, -0.1) is 10.2 Å². The zero-order valence-electron chi connectivity index (χ0n) is 17.0. The molecule has 1 unspecified atom stereocenters. The van der Waals surface area contributed by atoms with Crippen molar-refractivity contribution in [3.05, 3.63) is 47.9 Å². The lowest BCUT2D eigenvalue weighted by Crippen LogP contribution is -2.03. The molecule has 0 saturated carbocycles. The fourth-order valence-corrected chi connectivity index (χ4v) is 3.80. The number of esters is 1. The van der Waals surface area contributed by atoms with Crippen LogP contribution < -0.4 is 4.74 Å². The quantitative estimate of drug-likeness (QED) is 0.360. The molecule has 0 spiro atoms. The summed E-state index contributed by atoms with van der Waals surface area (Å²) in [5.41, 5.74) is 0.986. The fourth-order valence-electron chi connectivity index (χ4n) is 2.85. The molecule has 0 radical (unpaired) electrons. The molecule has 0 aliphatic carbocycles. The first-order chi connectivity index (χ1) is 14.1. The van der Waals surface area contributed by atoms with Crippen molar-refractivity contribution in [2.45, 2.75) is 43.6 Å². The van der Waals surface area contributed by atoms with Gasteiger partial charge >= 0.3 is 5.97 Å². The molecule has 0 bridgehead atoms. The molecule has 0 aliphatic heterocycles. The summed E-state index contributed by atoms with van der Waals surface area (Å²) in [6, 6.07) is 11.2. The van der Waals surface area contributed by atoms with Gasteiger partial charge in [0.1, 0.15) is 11.5 Å². The van der Waals surface area contributed by atoms with E-state index in [-0.39, 0.29) is 11.0 Å². The summed E-state index contributed by atoms with van der Waals surface area (Å²) >= 11 is 1.55. The standard InChI is InChI=1S/C21H25N3O4S/c1-5-6-13-24-19(15-7-9-16(26-3)10-8-15)22-23-21(24)29-14(2)17-11-12-18(28-17)20(25)27-4/h7-12,14H,5-6,13H2,1-4H3. The Bertz CT molecular complexity index is 949. The smallest absolute Gasteiger partial charge is 0.373 e. The maximum Gasteiger partial charge on any atom is 0.373 e. The van der Waals surface area contributed by atoms with Gasteiger partial charge in [-0.3, -0.25) is 0 Å². The van der Waals surface area contributed by atoms with Crippen LogP contribution in [0.15, 0.2) is 46.0 Å². The van der Waals surface area contributed by atoms with Crippen LogP contribution in [0, 0.1) is 0 Å². The van der Waals surface area contributed by atoms with Crippen molar-refractivity contribution in [1.29, 1.82) is 0 Å². The normalized spacial score (nSPS) is 12.0. The minimum atomic E-state index is -0.485. The molecular formula is C21H25N3O4S. The van der Waals surface area contributed by atoms with E-state index in [4.69, 9.17) is 13.9 Å². The predicted octanol–water partition coefficient (Wildman–Crippen LogP) is 4.99. The number of nitrogens with zero attached hydrogens (tertiary/aromatic N) is 3. The van der Waals surface area contributed by atoms with Gasteiger partial charge < -0.3 is 18.5 Å². The Morgan fingerprint density at radius 2 is 1.93 bits per heavy atom. The molecule has 2 aromatic heterocycles. The van der Waals surface area contributed by atoms with Gasteiger partial charge in [0, 0.05) is 12.1 Å². The summed E-state index contributed by atoms with van der Waals surface area (Å²) in [5.74, 6) is 2.02. The summed E-state index contributed by atoms with van der Waals surface area (Å²) < 4.78 is 17.7. The average Bonchev–Trinajstić information content (AvgIpc) is 3.39. The predicted molar refractivity (Wildman–Crippen MR) is 111 cm³/mol. The molecule has 1 aromatic carbocycles. The Labute approximate surface area is 174 Å². The summed E-state index contributed by atoms with van der Waals surface area (Å²) in [6.45, 7) is 4.99. The lowest BCUT2D eigenvalue weighted by Gasteiger charge is -2.12. The number of carbonyl (C=O) groups is 1. The average molecular weight is 416 g/mol. The summed E-state index contributed by atoms with van der Waals surface area (Å²) in [7, 11) is 2.98. The summed E-state index contributed by atoms with van der Waals surface area (Å²) in [6.07, 6.45) is 2.09. The van der Waals surface area contributed by atoms with Gasteiger partial charge in [-0.05, 0) is 49.7 Å². The molecule has 0 saturated heterocycles. The lowest BCUT2D eigenvalue weighted by molar-refractivity contribution is 0.0563. The molecule has 2 heterocycles. The third kappa shape index (κ3) is 4.82. The van der Waals surface area contributed by atoms with Crippen molar-refractivity contribution in [3.63, 3.8) is 0 Å². The molecule has 1 atom stereocenters. The molecule has 154 valence electrons. The Kier molecular flexibility index (Phi) is 6.98. The van der Waals surface area contributed by atoms with Crippen LogP contribution >= 0.6 is 11.8 Å². The lowest BCUT2D eigenvalue weighted by atomic mass is 10.2. The first kappa shape index (κ1) is 21.0. The van der Waals surface area contributed by atoms with Gasteiger partial charge in [-0.25, -0.2) is 4.79 Å². The first-order valence-corrected chi connectivity index (χ1v) is 10.4. The van der Waals surface area contributed by atoms with Crippen molar-refractivity contribution in [1.82, 2.24) is 14.8 Å². The third-order valence-electron chi connectivity index (χ3n) is 4.50. The van der Waals surface area contributed by atoms with E-state index in [1.807, 2.05) is 31.2 Å². The molecule has 8 heteroatoms. The molecule has 7 nitrogen and oxygen atoms in total. The highest BCUT2D eigenvalue weighted by atomic mass is 32.2.